The van der Waals surface area contributed by atoms with Crippen molar-refractivity contribution >= 4 is 11.7 Å². The monoisotopic (exact) mass is 284 g/mol. The summed E-state index contributed by atoms with van der Waals surface area (Å²) in [5, 5.41) is 5.71. The highest BCUT2D eigenvalue weighted by Crippen LogP contribution is 2.16. The first-order chi connectivity index (χ1) is 10.1. The summed E-state index contributed by atoms with van der Waals surface area (Å²) in [6, 6.07) is 15.0. The highest BCUT2D eigenvalue weighted by molar-refractivity contribution is 5.89. The molecule has 2 aromatic carbocycles. The molecule has 0 aliphatic carbocycles. The van der Waals surface area contributed by atoms with Crippen molar-refractivity contribution in [2.45, 2.75) is 19.9 Å². The molecule has 0 spiro atoms. The number of hydrogen-bond donors (Lipinski definition) is 2. The van der Waals surface area contributed by atoms with Gasteiger partial charge in [-0.05, 0) is 43.7 Å². The zero-order valence-electron chi connectivity index (χ0n) is 12.5. The molecule has 4 heteroatoms. The first-order valence-corrected chi connectivity index (χ1v) is 6.86. The lowest BCUT2D eigenvalue weighted by molar-refractivity contribution is 0.249. The standard InChI is InChI=1S/C17H20N2O2/c1-12-4-6-14(7-5-12)13(2)18-17(20)19-15-8-10-16(21-3)11-9-15/h4-11,13H,1-3H3,(H2,18,19,20)/t13-/m1/s1. The number of hydrogen-bond acceptors (Lipinski definition) is 2. The van der Waals surface area contributed by atoms with Crippen LogP contribution >= 0.6 is 0 Å². The van der Waals surface area contributed by atoms with E-state index >= 15 is 0 Å². The Kier molecular flexibility index (Phi) is 4.82. The lowest BCUT2D eigenvalue weighted by Crippen LogP contribution is -2.31. The Bertz CT molecular complexity index is 591. The smallest absolute Gasteiger partial charge is 0.319 e. The van der Waals surface area contributed by atoms with Gasteiger partial charge in [0.25, 0.3) is 0 Å². The van der Waals surface area contributed by atoms with E-state index in [1.807, 2.05) is 38.1 Å². The van der Waals surface area contributed by atoms with Crippen LogP contribution < -0.4 is 15.4 Å². The maximum absolute atomic E-state index is 12.0. The van der Waals surface area contributed by atoms with Crippen molar-refractivity contribution < 1.29 is 9.53 Å². The summed E-state index contributed by atoms with van der Waals surface area (Å²) in [5.41, 5.74) is 3.00. The summed E-state index contributed by atoms with van der Waals surface area (Å²) in [7, 11) is 1.61. The van der Waals surface area contributed by atoms with Crippen LogP contribution in [0.15, 0.2) is 48.5 Å². The minimum Gasteiger partial charge on any atom is -0.497 e. The van der Waals surface area contributed by atoms with Crippen LogP contribution in [0.5, 0.6) is 5.75 Å². The lowest BCUT2D eigenvalue weighted by Gasteiger charge is -2.15. The van der Waals surface area contributed by atoms with Gasteiger partial charge in [0.2, 0.25) is 0 Å². The highest BCUT2D eigenvalue weighted by atomic mass is 16.5. The lowest BCUT2D eigenvalue weighted by atomic mass is 10.1. The maximum atomic E-state index is 12.0. The second-order valence-electron chi connectivity index (χ2n) is 4.96. The number of ether oxygens (including phenoxy) is 1. The Labute approximate surface area is 125 Å². The molecule has 2 rings (SSSR count). The number of carbonyl (C=O) groups excluding carboxylic acids is 1. The molecule has 2 amide bonds. The molecule has 110 valence electrons. The largest absolute Gasteiger partial charge is 0.497 e. The summed E-state index contributed by atoms with van der Waals surface area (Å²) in [4.78, 5) is 12.0. The van der Waals surface area contributed by atoms with E-state index in [4.69, 9.17) is 4.74 Å². The molecule has 4 nitrogen and oxygen atoms in total. The summed E-state index contributed by atoms with van der Waals surface area (Å²) in [6.45, 7) is 4.00. The van der Waals surface area contributed by atoms with Crippen molar-refractivity contribution in [2.75, 3.05) is 12.4 Å². The van der Waals surface area contributed by atoms with Crippen molar-refractivity contribution in [1.29, 1.82) is 0 Å². The van der Waals surface area contributed by atoms with Gasteiger partial charge in [0, 0.05) is 5.69 Å². The van der Waals surface area contributed by atoms with Crippen molar-refractivity contribution in [3.63, 3.8) is 0 Å². The second-order valence-corrected chi connectivity index (χ2v) is 4.96. The molecule has 0 aliphatic heterocycles. The van der Waals surface area contributed by atoms with Crippen LogP contribution in [0.2, 0.25) is 0 Å². The van der Waals surface area contributed by atoms with Gasteiger partial charge < -0.3 is 15.4 Å². The third-order valence-electron chi connectivity index (χ3n) is 3.27. The van der Waals surface area contributed by atoms with Crippen molar-refractivity contribution in [3.05, 3.63) is 59.7 Å². The predicted octanol–water partition coefficient (Wildman–Crippen LogP) is 3.89. The first kappa shape index (κ1) is 14.9. The highest BCUT2D eigenvalue weighted by Gasteiger charge is 2.09. The zero-order valence-corrected chi connectivity index (χ0v) is 12.5. The van der Waals surface area contributed by atoms with Crippen molar-refractivity contribution in [2.24, 2.45) is 0 Å². The third-order valence-corrected chi connectivity index (χ3v) is 3.27. The van der Waals surface area contributed by atoms with Crippen LogP contribution in [0.25, 0.3) is 0 Å². The first-order valence-electron chi connectivity index (χ1n) is 6.86. The van der Waals surface area contributed by atoms with E-state index in [0.717, 1.165) is 17.0 Å². The van der Waals surface area contributed by atoms with Crippen LogP contribution in [0.4, 0.5) is 10.5 Å². The summed E-state index contributed by atoms with van der Waals surface area (Å²) in [6.07, 6.45) is 0. The molecule has 2 N–H and O–H groups in total. The molecular formula is C17H20N2O2. The Morgan fingerprint density at radius 1 is 1.05 bits per heavy atom. The molecule has 0 aliphatic rings. The van der Waals surface area contributed by atoms with Crippen LogP contribution in [-0.4, -0.2) is 13.1 Å². The van der Waals surface area contributed by atoms with E-state index in [9.17, 15) is 4.79 Å². The molecule has 0 fully saturated rings. The number of urea groups is 1. The molecule has 21 heavy (non-hydrogen) atoms. The molecule has 0 radical (unpaired) electrons. The van der Waals surface area contributed by atoms with Gasteiger partial charge in [-0.1, -0.05) is 29.8 Å². The van der Waals surface area contributed by atoms with Gasteiger partial charge in [0.15, 0.2) is 0 Å². The van der Waals surface area contributed by atoms with E-state index in [-0.39, 0.29) is 12.1 Å². The molecule has 0 unspecified atom stereocenters. The van der Waals surface area contributed by atoms with Crippen LogP contribution in [0.1, 0.15) is 24.1 Å². The molecule has 2 aromatic rings. The van der Waals surface area contributed by atoms with Gasteiger partial charge in [-0.25, -0.2) is 4.79 Å². The molecule has 0 heterocycles. The van der Waals surface area contributed by atoms with E-state index in [1.165, 1.54) is 5.56 Å². The van der Waals surface area contributed by atoms with Crippen LogP contribution in [0.3, 0.4) is 0 Å². The zero-order chi connectivity index (χ0) is 15.2. The molecule has 0 bridgehead atoms. The Hall–Kier alpha value is -2.49. The van der Waals surface area contributed by atoms with Gasteiger partial charge in [0.05, 0.1) is 13.2 Å². The summed E-state index contributed by atoms with van der Waals surface area (Å²) in [5.74, 6) is 0.758. The van der Waals surface area contributed by atoms with Gasteiger partial charge in [-0.3, -0.25) is 0 Å². The Morgan fingerprint density at radius 2 is 1.67 bits per heavy atom. The van der Waals surface area contributed by atoms with E-state index in [2.05, 4.69) is 10.6 Å². The normalized spacial score (nSPS) is 11.6. The fourth-order valence-electron chi connectivity index (χ4n) is 1.98. The van der Waals surface area contributed by atoms with E-state index in [0.29, 0.717) is 0 Å². The Morgan fingerprint density at radius 3 is 2.24 bits per heavy atom. The number of amides is 2. The fourth-order valence-corrected chi connectivity index (χ4v) is 1.98. The van der Waals surface area contributed by atoms with Gasteiger partial charge in [-0.15, -0.1) is 0 Å². The summed E-state index contributed by atoms with van der Waals surface area (Å²) < 4.78 is 5.08. The summed E-state index contributed by atoms with van der Waals surface area (Å²) >= 11 is 0. The average molecular weight is 284 g/mol. The molecule has 0 saturated carbocycles. The van der Waals surface area contributed by atoms with E-state index < -0.39 is 0 Å². The topological polar surface area (TPSA) is 50.4 Å². The number of aryl methyl sites for hydroxylation is 1. The van der Waals surface area contributed by atoms with Crippen LogP contribution in [0, 0.1) is 6.92 Å². The minimum absolute atomic E-state index is 0.0520. The molecule has 1 atom stereocenters. The van der Waals surface area contributed by atoms with Crippen molar-refractivity contribution in [1.82, 2.24) is 5.32 Å². The maximum Gasteiger partial charge on any atom is 0.319 e. The SMILES string of the molecule is COc1ccc(NC(=O)N[C@H](C)c2ccc(C)cc2)cc1. The fraction of sp³-hybridized carbons (Fsp3) is 0.235. The number of carbonyl (C=O) groups is 1. The van der Waals surface area contributed by atoms with E-state index in [1.54, 1.807) is 31.4 Å². The van der Waals surface area contributed by atoms with Crippen molar-refractivity contribution in [3.8, 4) is 5.75 Å². The number of anilines is 1. The average Bonchev–Trinajstić information content (AvgIpc) is 2.48. The van der Waals surface area contributed by atoms with Gasteiger partial charge >= 0.3 is 6.03 Å². The van der Waals surface area contributed by atoms with Gasteiger partial charge in [-0.2, -0.15) is 0 Å². The minimum atomic E-state index is -0.228. The second kappa shape index (κ2) is 6.79. The number of benzene rings is 2. The molecule has 0 aromatic heterocycles. The molecule has 0 saturated heterocycles. The number of rotatable bonds is 4. The number of methoxy groups -OCH3 is 1. The predicted molar refractivity (Wildman–Crippen MR) is 84.7 cm³/mol. The Balaban J connectivity index is 1.92. The van der Waals surface area contributed by atoms with Gasteiger partial charge in [0.1, 0.15) is 5.75 Å². The van der Waals surface area contributed by atoms with Crippen LogP contribution in [-0.2, 0) is 0 Å². The quantitative estimate of drug-likeness (QED) is 0.895. The number of nitrogens with one attached hydrogen (secondary N) is 2. The molecular weight excluding hydrogens is 264 g/mol. The third kappa shape index (κ3) is 4.24.